The van der Waals surface area contributed by atoms with Crippen molar-refractivity contribution in [2.24, 2.45) is 0 Å². The minimum atomic E-state index is -0.185. The van der Waals surface area contributed by atoms with E-state index in [2.05, 4.69) is 77.9 Å². The Morgan fingerprint density at radius 2 is 1.42 bits per heavy atom. The number of H-pyrrole nitrogens is 1. The van der Waals surface area contributed by atoms with Gasteiger partial charge >= 0.3 is 0 Å². The van der Waals surface area contributed by atoms with E-state index >= 15 is 0 Å². The molecule has 33 heavy (non-hydrogen) atoms. The predicted molar refractivity (Wildman–Crippen MR) is 134 cm³/mol. The topological polar surface area (TPSA) is 36.1 Å². The van der Waals surface area contributed by atoms with Crippen LogP contribution in [0, 0.1) is 0 Å². The van der Waals surface area contributed by atoms with Crippen LogP contribution in [0.1, 0.15) is 29.2 Å². The number of aromatic nitrogens is 1. The van der Waals surface area contributed by atoms with Crippen molar-refractivity contribution >= 4 is 22.5 Å². The van der Waals surface area contributed by atoms with Gasteiger partial charge in [-0.05, 0) is 35.2 Å². The molecule has 0 bridgehead atoms. The van der Waals surface area contributed by atoms with Gasteiger partial charge in [0.25, 0.3) is 0 Å². The van der Waals surface area contributed by atoms with Gasteiger partial charge in [-0.1, -0.05) is 91.0 Å². The second-order valence-electron chi connectivity index (χ2n) is 8.55. The number of amides is 1. The molecular formula is C30H24N2O. The summed E-state index contributed by atoms with van der Waals surface area (Å²) < 4.78 is 0. The molecule has 0 spiro atoms. The van der Waals surface area contributed by atoms with Gasteiger partial charge in [-0.25, -0.2) is 0 Å². The van der Waals surface area contributed by atoms with Crippen molar-refractivity contribution in [3.05, 3.63) is 126 Å². The molecule has 0 saturated carbocycles. The first-order valence-corrected chi connectivity index (χ1v) is 11.4. The van der Waals surface area contributed by atoms with Crippen LogP contribution in [-0.2, 0) is 11.2 Å². The molecule has 160 valence electrons. The van der Waals surface area contributed by atoms with E-state index in [4.69, 9.17) is 0 Å². The molecule has 0 aliphatic carbocycles. The van der Waals surface area contributed by atoms with E-state index in [0.29, 0.717) is 6.42 Å². The number of benzene rings is 4. The van der Waals surface area contributed by atoms with E-state index in [1.165, 1.54) is 11.1 Å². The van der Waals surface area contributed by atoms with Gasteiger partial charge in [0, 0.05) is 34.6 Å². The average Bonchev–Trinajstić information content (AvgIpc) is 3.31. The highest BCUT2D eigenvalue weighted by Gasteiger charge is 2.36. The summed E-state index contributed by atoms with van der Waals surface area (Å²) >= 11 is 0. The highest BCUT2D eigenvalue weighted by atomic mass is 16.2. The first kappa shape index (κ1) is 19.6. The molecule has 1 amide bonds. The molecule has 1 aliphatic heterocycles. The lowest BCUT2D eigenvalue weighted by atomic mass is 9.84. The molecule has 1 N–H and O–H groups in total. The van der Waals surface area contributed by atoms with Crippen LogP contribution in [0.15, 0.2) is 109 Å². The zero-order chi connectivity index (χ0) is 22.2. The Morgan fingerprint density at radius 1 is 0.727 bits per heavy atom. The van der Waals surface area contributed by atoms with E-state index in [9.17, 15) is 4.79 Å². The minimum Gasteiger partial charge on any atom is -0.361 e. The Bertz CT molecular complexity index is 1450. The molecule has 4 aromatic carbocycles. The summed E-state index contributed by atoms with van der Waals surface area (Å²) in [4.78, 5) is 19.3. The van der Waals surface area contributed by atoms with Crippen molar-refractivity contribution in [2.75, 3.05) is 4.90 Å². The van der Waals surface area contributed by atoms with Crippen molar-refractivity contribution in [3.8, 4) is 11.1 Å². The van der Waals surface area contributed by atoms with Crippen molar-refractivity contribution < 1.29 is 4.79 Å². The molecule has 0 radical (unpaired) electrons. The fourth-order valence-corrected chi connectivity index (χ4v) is 5.09. The van der Waals surface area contributed by atoms with Gasteiger partial charge in [-0.15, -0.1) is 0 Å². The molecule has 0 saturated heterocycles. The molecule has 1 atom stereocenters. The maximum atomic E-state index is 13.9. The Morgan fingerprint density at radius 3 is 2.30 bits per heavy atom. The normalized spacial score (nSPS) is 14.7. The fraction of sp³-hybridized carbons (Fsp3) is 0.100. The van der Waals surface area contributed by atoms with Gasteiger partial charge in [0.1, 0.15) is 0 Å². The van der Waals surface area contributed by atoms with Crippen LogP contribution in [0.4, 0.5) is 5.69 Å². The van der Waals surface area contributed by atoms with Crippen LogP contribution in [0.3, 0.4) is 0 Å². The Balaban J connectivity index is 1.51. The average molecular weight is 429 g/mol. The molecule has 1 aliphatic rings. The maximum Gasteiger partial charge on any atom is 0.228 e. The number of anilines is 1. The molecule has 5 aromatic rings. The van der Waals surface area contributed by atoms with Gasteiger partial charge in [0.05, 0.1) is 11.7 Å². The largest absolute Gasteiger partial charge is 0.361 e. The van der Waals surface area contributed by atoms with E-state index < -0.39 is 0 Å². The number of hydrogen-bond donors (Lipinski definition) is 1. The number of fused-ring (bicyclic) bond motifs is 4. The lowest BCUT2D eigenvalue weighted by Crippen LogP contribution is -2.38. The molecule has 0 fully saturated rings. The molecule has 6 rings (SSSR count). The number of hydrogen-bond acceptors (Lipinski definition) is 1. The quantitative estimate of drug-likeness (QED) is 0.332. The highest BCUT2D eigenvalue weighted by molar-refractivity contribution is 6.03. The Hall–Kier alpha value is -4.11. The van der Waals surface area contributed by atoms with Crippen molar-refractivity contribution in [2.45, 2.75) is 18.9 Å². The zero-order valence-electron chi connectivity index (χ0n) is 18.2. The first-order valence-electron chi connectivity index (χ1n) is 11.4. The lowest BCUT2D eigenvalue weighted by Gasteiger charge is -2.39. The van der Waals surface area contributed by atoms with E-state index in [1.807, 2.05) is 41.3 Å². The summed E-state index contributed by atoms with van der Waals surface area (Å²) in [5.41, 5.74) is 7.83. The van der Waals surface area contributed by atoms with Gasteiger partial charge in [0.2, 0.25) is 5.91 Å². The standard InChI is InChI=1S/C30H24N2O/c33-29(19-18-21-10-2-1-3-11-21)32-28-17-9-7-14-24(28)22-12-4-5-15-25(22)30(32)26-20-31-27-16-8-6-13-23(26)27/h1-17,20,30-31H,18-19H2. The van der Waals surface area contributed by atoms with Gasteiger partial charge < -0.3 is 9.88 Å². The van der Waals surface area contributed by atoms with Crippen LogP contribution in [-0.4, -0.2) is 10.9 Å². The van der Waals surface area contributed by atoms with Crippen molar-refractivity contribution in [1.82, 2.24) is 4.98 Å². The number of carbonyl (C=O) groups excluding carboxylic acids is 1. The molecule has 1 unspecified atom stereocenters. The van der Waals surface area contributed by atoms with Crippen LogP contribution >= 0.6 is 0 Å². The fourth-order valence-electron chi connectivity index (χ4n) is 5.09. The zero-order valence-corrected chi connectivity index (χ0v) is 18.2. The molecule has 1 aromatic heterocycles. The summed E-state index contributed by atoms with van der Waals surface area (Å²) in [6.07, 6.45) is 3.25. The number of nitrogens with one attached hydrogen (secondary N) is 1. The summed E-state index contributed by atoms with van der Waals surface area (Å²) in [6.45, 7) is 0. The number of rotatable bonds is 4. The van der Waals surface area contributed by atoms with Crippen LogP contribution in [0.2, 0.25) is 0 Å². The van der Waals surface area contributed by atoms with Crippen molar-refractivity contribution in [3.63, 3.8) is 0 Å². The third kappa shape index (κ3) is 3.33. The third-order valence-corrected chi connectivity index (χ3v) is 6.62. The molecule has 3 heteroatoms. The van der Waals surface area contributed by atoms with Crippen molar-refractivity contribution in [1.29, 1.82) is 0 Å². The van der Waals surface area contributed by atoms with Gasteiger partial charge in [-0.2, -0.15) is 0 Å². The van der Waals surface area contributed by atoms with E-state index in [1.54, 1.807) is 0 Å². The summed E-state index contributed by atoms with van der Waals surface area (Å²) in [7, 11) is 0. The predicted octanol–water partition coefficient (Wildman–Crippen LogP) is 6.90. The smallest absolute Gasteiger partial charge is 0.228 e. The van der Waals surface area contributed by atoms with E-state index in [0.717, 1.165) is 39.7 Å². The maximum absolute atomic E-state index is 13.9. The van der Waals surface area contributed by atoms with Crippen LogP contribution < -0.4 is 4.90 Å². The van der Waals surface area contributed by atoms with E-state index in [-0.39, 0.29) is 11.9 Å². The van der Waals surface area contributed by atoms with Crippen LogP contribution in [0.5, 0.6) is 0 Å². The molecule has 2 heterocycles. The lowest BCUT2D eigenvalue weighted by molar-refractivity contribution is -0.119. The minimum absolute atomic E-state index is 0.135. The summed E-state index contributed by atoms with van der Waals surface area (Å²) in [6, 6.07) is 35.1. The number of para-hydroxylation sites is 2. The second-order valence-corrected chi connectivity index (χ2v) is 8.55. The Kier molecular flexibility index (Phi) is 4.80. The Labute approximate surface area is 193 Å². The SMILES string of the molecule is O=C(CCc1ccccc1)N1c2ccccc2-c2ccccc2C1c1c[nH]c2ccccc12. The van der Waals surface area contributed by atoms with Gasteiger partial charge in [-0.3, -0.25) is 4.79 Å². The van der Waals surface area contributed by atoms with Gasteiger partial charge in [0.15, 0.2) is 0 Å². The molecule has 3 nitrogen and oxygen atoms in total. The number of aromatic amines is 1. The highest BCUT2D eigenvalue weighted by Crippen LogP contribution is 2.48. The number of aryl methyl sites for hydroxylation is 1. The first-order chi connectivity index (χ1) is 16.3. The molecular weight excluding hydrogens is 404 g/mol. The third-order valence-electron chi connectivity index (χ3n) is 6.62. The summed E-state index contributed by atoms with van der Waals surface area (Å²) in [5.74, 6) is 0.135. The van der Waals surface area contributed by atoms with Crippen LogP contribution in [0.25, 0.3) is 22.0 Å². The second kappa shape index (κ2) is 8.10. The number of nitrogens with zero attached hydrogens (tertiary/aromatic N) is 1. The monoisotopic (exact) mass is 428 g/mol. The number of carbonyl (C=O) groups is 1. The summed E-state index contributed by atoms with van der Waals surface area (Å²) in [5, 5.41) is 1.15.